The van der Waals surface area contributed by atoms with Crippen molar-refractivity contribution >= 4 is 29.5 Å². The van der Waals surface area contributed by atoms with Crippen LogP contribution in [0.25, 0.3) is 0 Å². The third kappa shape index (κ3) is 10.2. The fourth-order valence-corrected chi connectivity index (χ4v) is 5.32. The molecule has 0 radical (unpaired) electrons. The van der Waals surface area contributed by atoms with Crippen molar-refractivity contribution in [2.24, 2.45) is 33.8 Å². The van der Waals surface area contributed by atoms with E-state index in [0.717, 1.165) is 37.7 Å². The van der Waals surface area contributed by atoms with E-state index < -0.39 is 29.8 Å². The summed E-state index contributed by atoms with van der Waals surface area (Å²) in [6.45, 7) is 0.296. The summed E-state index contributed by atoms with van der Waals surface area (Å²) < 4.78 is 0. The average Bonchev–Trinajstić information content (AvgIpc) is 2.97. The molecule has 2 aromatic rings. The Morgan fingerprint density at radius 1 is 0.952 bits per heavy atom. The minimum absolute atomic E-state index is 0.0369. The number of nitrogens with zero attached hydrogens (tertiary/aromatic N) is 2. The SMILES string of the molecule is N=C(N)c1ccc(CC(C(=O)N[C@@H](CC2CCCCC2)C(=O)N[C@@H](CCCN=C(N)N)C(N)=O)c2cccnc2)cc1. The van der Waals surface area contributed by atoms with Crippen LogP contribution >= 0.6 is 0 Å². The van der Waals surface area contributed by atoms with Crippen LogP contribution in [0.4, 0.5) is 0 Å². The number of hydrogen-bond donors (Lipinski definition) is 7. The van der Waals surface area contributed by atoms with E-state index in [1.54, 1.807) is 30.6 Å². The maximum absolute atomic E-state index is 13.9. The lowest BCUT2D eigenvalue weighted by Gasteiger charge is -2.29. The number of carbonyl (C=O) groups excluding carboxylic acids is 3. The fourth-order valence-electron chi connectivity index (χ4n) is 5.32. The highest BCUT2D eigenvalue weighted by Gasteiger charge is 2.31. The molecule has 226 valence electrons. The lowest BCUT2D eigenvalue weighted by Crippen LogP contribution is -2.54. The molecule has 3 amide bonds. The quantitative estimate of drug-likeness (QED) is 0.0927. The first kappa shape index (κ1) is 32.0. The standard InChI is InChI=1S/C30H43N9O3/c31-26(32)21-12-10-20(11-13-21)16-23(22-8-4-14-36-18-22)28(41)39-25(17-19-6-2-1-3-7-19)29(42)38-24(27(33)40)9-5-15-37-30(34)35/h4,8,10-14,18-19,23-25H,1-3,5-7,9,15-17H2,(H3,31,32)(H2,33,40)(H,38,42)(H,39,41)(H4,34,35,37)/t23?,24-,25-/m0/s1. The number of amides is 3. The summed E-state index contributed by atoms with van der Waals surface area (Å²) >= 11 is 0. The number of hydrogen-bond acceptors (Lipinski definition) is 6. The molecule has 12 nitrogen and oxygen atoms in total. The van der Waals surface area contributed by atoms with E-state index in [9.17, 15) is 14.4 Å². The molecule has 42 heavy (non-hydrogen) atoms. The Bertz CT molecular complexity index is 1220. The highest BCUT2D eigenvalue weighted by Crippen LogP contribution is 2.28. The number of aliphatic imine (C=N–C) groups is 1. The summed E-state index contributed by atoms with van der Waals surface area (Å²) in [6, 6.07) is 8.97. The molecule has 1 fully saturated rings. The maximum Gasteiger partial charge on any atom is 0.243 e. The van der Waals surface area contributed by atoms with Crippen molar-refractivity contribution in [3.05, 3.63) is 65.5 Å². The van der Waals surface area contributed by atoms with Crippen molar-refractivity contribution in [3.63, 3.8) is 0 Å². The van der Waals surface area contributed by atoms with Gasteiger partial charge in [-0.2, -0.15) is 0 Å². The molecule has 1 heterocycles. The van der Waals surface area contributed by atoms with Crippen molar-refractivity contribution in [1.29, 1.82) is 5.41 Å². The van der Waals surface area contributed by atoms with Gasteiger partial charge in [-0.3, -0.25) is 29.8 Å². The summed E-state index contributed by atoms with van der Waals surface area (Å²) in [5, 5.41) is 13.4. The van der Waals surface area contributed by atoms with E-state index in [-0.39, 0.29) is 30.0 Å². The van der Waals surface area contributed by atoms with Crippen LogP contribution < -0.4 is 33.6 Å². The first-order valence-corrected chi connectivity index (χ1v) is 14.4. The zero-order chi connectivity index (χ0) is 30.5. The van der Waals surface area contributed by atoms with Crippen molar-refractivity contribution < 1.29 is 14.4 Å². The monoisotopic (exact) mass is 577 g/mol. The van der Waals surface area contributed by atoms with Crippen LogP contribution in [0.3, 0.4) is 0 Å². The van der Waals surface area contributed by atoms with Crippen LogP contribution in [0.1, 0.15) is 74.0 Å². The van der Waals surface area contributed by atoms with Crippen LogP contribution in [0.2, 0.25) is 0 Å². The van der Waals surface area contributed by atoms with Crippen molar-refractivity contribution in [2.75, 3.05) is 6.54 Å². The topological polar surface area (TPSA) is 228 Å². The fraction of sp³-hybridized carbons (Fsp3) is 0.467. The van der Waals surface area contributed by atoms with Crippen molar-refractivity contribution in [1.82, 2.24) is 15.6 Å². The minimum atomic E-state index is -0.925. The van der Waals surface area contributed by atoms with E-state index >= 15 is 0 Å². The van der Waals surface area contributed by atoms with Gasteiger partial charge in [-0.05, 0) is 48.8 Å². The third-order valence-electron chi connectivity index (χ3n) is 7.64. The number of nitrogen functional groups attached to an aromatic ring is 1. The van der Waals surface area contributed by atoms with Gasteiger partial charge < -0.3 is 33.6 Å². The molecule has 1 aliphatic carbocycles. The Morgan fingerprint density at radius 3 is 2.24 bits per heavy atom. The number of nitrogens with one attached hydrogen (secondary N) is 3. The number of amidine groups is 1. The Balaban J connectivity index is 1.80. The van der Waals surface area contributed by atoms with Gasteiger partial charge in [0.1, 0.15) is 17.9 Å². The second-order valence-electron chi connectivity index (χ2n) is 10.9. The lowest BCUT2D eigenvalue weighted by molar-refractivity contribution is -0.132. The second kappa shape index (κ2) is 16.1. The number of nitrogens with two attached hydrogens (primary N) is 4. The molecule has 0 bridgehead atoms. The maximum atomic E-state index is 13.9. The first-order valence-electron chi connectivity index (χ1n) is 14.4. The van der Waals surface area contributed by atoms with E-state index in [2.05, 4.69) is 20.6 Å². The molecule has 1 unspecified atom stereocenters. The lowest BCUT2D eigenvalue weighted by atomic mass is 9.84. The van der Waals surface area contributed by atoms with Crippen LogP contribution in [-0.2, 0) is 20.8 Å². The Hall–Kier alpha value is -4.48. The molecular weight excluding hydrogens is 534 g/mol. The van der Waals surface area contributed by atoms with E-state index in [4.69, 9.17) is 28.3 Å². The number of primary amides is 1. The normalized spacial score (nSPS) is 15.5. The summed E-state index contributed by atoms with van der Waals surface area (Å²) in [5.41, 5.74) is 24.1. The van der Waals surface area contributed by atoms with Gasteiger partial charge in [0.05, 0.1) is 5.92 Å². The van der Waals surface area contributed by atoms with Gasteiger partial charge in [0, 0.05) is 24.5 Å². The van der Waals surface area contributed by atoms with Gasteiger partial charge in [-0.1, -0.05) is 62.4 Å². The zero-order valence-electron chi connectivity index (χ0n) is 23.9. The van der Waals surface area contributed by atoms with E-state index in [1.165, 1.54) is 0 Å². The summed E-state index contributed by atoms with van der Waals surface area (Å²) in [4.78, 5) is 47.7. The largest absolute Gasteiger partial charge is 0.384 e. The summed E-state index contributed by atoms with van der Waals surface area (Å²) in [6.07, 6.45) is 10.1. The number of pyridine rings is 1. The smallest absolute Gasteiger partial charge is 0.243 e. The molecule has 0 aliphatic heterocycles. The number of aromatic nitrogens is 1. The van der Waals surface area contributed by atoms with Crippen molar-refractivity contribution in [2.45, 2.75) is 75.8 Å². The number of benzene rings is 1. The minimum Gasteiger partial charge on any atom is -0.384 e. The van der Waals surface area contributed by atoms with Crippen LogP contribution in [0.5, 0.6) is 0 Å². The highest BCUT2D eigenvalue weighted by molar-refractivity contribution is 5.95. The molecular formula is C30H43N9O3. The van der Waals surface area contributed by atoms with E-state index in [1.807, 2.05) is 18.2 Å². The van der Waals surface area contributed by atoms with Gasteiger partial charge in [0.2, 0.25) is 17.7 Å². The van der Waals surface area contributed by atoms with Crippen LogP contribution in [-0.4, -0.2) is 53.1 Å². The Labute approximate surface area is 246 Å². The Morgan fingerprint density at radius 2 is 1.64 bits per heavy atom. The number of rotatable bonds is 15. The van der Waals surface area contributed by atoms with E-state index in [0.29, 0.717) is 36.9 Å². The van der Waals surface area contributed by atoms with Gasteiger partial charge in [0.15, 0.2) is 5.96 Å². The molecule has 1 aromatic heterocycles. The first-order chi connectivity index (χ1) is 20.1. The van der Waals surface area contributed by atoms with Gasteiger partial charge in [-0.25, -0.2) is 0 Å². The van der Waals surface area contributed by atoms with Crippen molar-refractivity contribution in [3.8, 4) is 0 Å². The molecule has 0 saturated heterocycles. The van der Waals surface area contributed by atoms with Crippen LogP contribution in [0.15, 0.2) is 53.8 Å². The van der Waals surface area contributed by atoms with Gasteiger partial charge in [-0.15, -0.1) is 0 Å². The third-order valence-corrected chi connectivity index (χ3v) is 7.64. The molecule has 1 aromatic carbocycles. The molecule has 1 aliphatic rings. The molecule has 3 atom stereocenters. The highest BCUT2D eigenvalue weighted by atomic mass is 16.2. The number of guanidine groups is 1. The van der Waals surface area contributed by atoms with Gasteiger partial charge in [0.25, 0.3) is 0 Å². The predicted molar refractivity (Wildman–Crippen MR) is 162 cm³/mol. The molecule has 3 rings (SSSR count). The molecule has 0 spiro atoms. The Kier molecular flexibility index (Phi) is 12.3. The molecule has 12 heteroatoms. The average molecular weight is 578 g/mol. The van der Waals surface area contributed by atoms with Gasteiger partial charge >= 0.3 is 0 Å². The molecule has 1 saturated carbocycles. The summed E-state index contributed by atoms with van der Waals surface area (Å²) in [5.74, 6) is -1.88. The summed E-state index contributed by atoms with van der Waals surface area (Å²) in [7, 11) is 0. The predicted octanol–water partition coefficient (Wildman–Crippen LogP) is 1.17. The van der Waals surface area contributed by atoms with Crippen LogP contribution in [0, 0.1) is 11.3 Å². The second-order valence-corrected chi connectivity index (χ2v) is 10.9. The molecule has 11 N–H and O–H groups in total. The number of carbonyl (C=O) groups is 3. The zero-order valence-corrected chi connectivity index (χ0v) is 23.9.